The molecule has 2 unspecified atom stereocenters. The van der Waals surface area contributed by atoms with Crippen molar-refractivity contribution in [2.45, 2.75) is 25.3 Å². The van der Waals surface area contributed by atoms with E-state index in [1.807, 2.05) is 43.3 Å². The maximum Gasteiger partial charge on any atom is 0.251 e. The number of carbonyl (C=O) groups excluding carboxylic acids is 2. The summed E-state index contributed by atoms with van der Waals surface area (Å²) in [5, 5.41) is 0. The molecular weight excluding hydrogens is 356 g/mol. The van der Waals surface area contributed by atoms with E-state index in [0.29, 0.717) is 17.9 Å². The number of ether oxygens (including phenoxy) is 2. The SMILES string of the molecule is COc1cc(/C=C/C(=O)N2c3ccccc3C(C(N)=O)CC2C)cc(OC)c1. The number of fused-ring (bicyclic) bond motifs is 1. The Morgan fingerprint density at radius 1 is 1.11 bits per heavy atom. The minimum absolute atomic E-state index is 0.149. The van der Waals surface area contributed by atoms with E-state index >= 15 is 0 Å². The molecule has 2 aromatic carbocycles. The Kier molecular flexibility index (Phi) is 5.68. The van der Waals surface area contributed by atoms with E-state index in [1.54, 1.807) is 31.3 Å². The average molecular weight is 380 g/mol. The first kappa shape index (κ1) is 19.5. The zero-order chi connectivity index (χ0) is 20.3. The van der Waals surface area contributed by atoms with Crippen molar-refractivity contribution in [2.75, 3.05) is 19.1 Å². The number of nitrogens with two attached hydrogens (primary N) is 1. The molecule has 1 aliphatic heterocycles. The van der Waals surface area contributed by atoms with Crippen LogP contribution in [-0.4, -0.2) is 32.1 Å². The lowest BCUT2D eigenvalue weighted by Gasteiger charge is -2.37. The molecule has 1 aliphatic rings. The molecule has 0 saturated heterocycles. The maximum absolute atomic E-state index is 13.0. The van der Waals surface area contributed by atoms with Crippen LogP contribution in [0.2, 0.25) is 0 Å². The van der Waals surface area contributed by atoms with Crippen molar-refractivity contribution in [3.05, 3.63) is 59.7 Å². The second kappa shape index (κ2) is 8.17. The predicted molar refractivity (Wildman–Crippen MR) is 109 cm³/mol. The van der Waals surface area contributed by atoms with Gasteiger partial charge in [0.15, 0.2) is 0 Å². The Morgan fingerprint density at radius 2 is 1.75 bits per heavy atom. The highest BCUT2D eigenvalue weighted by Crippen LogP contribution is 2.38. The number of methoxy groups -OCH3 is 2. The quantitative estimate of drug-likeness (QED) is 0.808. The molecule has 0 fully saturated rings. The number of benzene rings is 2. The van der Waals surface area contributed by atoms with Crippen molar-refractivity contribution in [3.8, 4) is 11.5 Å². The Morgan fingerprint density at radius 3 is 2.36 bits per heavy atom. The van der Waals surface area contributed by atoms with Gasteiger partial charge in [0.2, 0.25) is 5.91 Å². The average Bonchev–Trinajstić information content (AvgIpc) is 2.70. The van der Waals surface area contributed by atoms with E-state index in [2.05, 4.69) is 0 Å². The fourth-order valence-electron chi connectivity index (χ4n) is 3.59. The Hall–Kier alpha value is -3.28. The van der Waals surface area contributed by atoms with E-state index in [-0.39, 0.29) is 23.8 Å². The Bertz CT molecular complexity index is 900. The van der Waals surface area contributed by atoms with Gasteiger partial charge in [-0.3, -0.25) is 9.59 Å². The van der Waals surface area contributed by atoms with Crippen LogP contribution in [0.3, 0.4) is 0 Å². The van der Waals surface area contributed by atoms with Crippen LogP contribution in [0.1, 0.15) is 30.4 Å². The molecule has 0 aliphatic carbocycles. The topological polar surface area (TPSA) is 81.9 Å². The number of rotatable bonds is 5. The number of anilines is 1. The zero-order valence-corrected chi connectivity index (χ0v) is 16.2. The molecule has 28 heavy (non-hydrogen) atoms. The van der Waals surface area contributed by atoms with E-state index in [9.17, 15) is 9.59 Å². The summed E-state index contributed by atoms with van der Waals surface area (Å²) in [6.45, 7) is 1.92. The monoisotopic (exact) mass is 380 g/mol. The summed E-state index contributed by atoms with van der Waals surface area (Å²) in [5.41, 5.74) is 7.88. The van der Waals surface area contributed by atoms with Crippen LogP contribution in [-0.2, 0) is 9.59 Å². The highest BCUT2D eigenvalue weighted by molar-refractivity contribution is 6.06. The van der Waals surface area contributed by atoms with Crippen LogP contribution in [0.4, 0.5) is 5.69 Å². The fourth-order valence-corrected chi connectivity index (χ4v) is 3.59. The number of primary amides is 1. The molecule has 0 saturated carbocycles. The number of carbonyl (C=O) groups is 2. The summed E-state index contributed by atoms with van der Waals surface area (Å²) in [5.74, 6) is 0.372. The van der Waals surface area contributed by atoms with Gasteiger partial charge in [-0.25, -0.2) is 0 Å². The highest BCUT2D eigenvalue weighted by Gasteiger charge is 2.35. The van der Waals surface area contributed by atoms with Gasteiger partial charge in [-0.05, 0) is 48.7 Å². The number of hydrogen-bond acceptors (Lipinski definition) is 4. The van der Waals surface area contributed by atoms with Gasteiger partial charge in [0.25, 0.3) is 5.91 Å². The van der Waals surface area contributed by atoms with Crippen molar-refractivity contribution in [3.63, 3.8) is 0 Å². The van der Waals surface area contributed by atoms with Gasteiger partial charge in [-0.2, -0.15) is 0 Å². The van der Waals surface area contributed by atoms with Gasteiger partial charge in [-0.1, -0.05) is 18.2 Å². The minimum atomic E-state index is -0.387. The maximum atomic E-state index is 13.0. The smallest absolute Gasteiger partial charge is 0.251 e. The van der Waals surface area contributed by atoms with Crippen molar-refractivity contribution in [1.29, 1.82) is 0 Å². The fraction of sp³-hybridized carbons (Fsp3) is 0.273. The van der Waals surface area contributed by atoms with E-state index in [1.165, 1.54) is 6.08 Å². The van der Waals surface area contributed by atoms with Crippen LogP contribution in [0.25, 0.3) is 6.08 Å². The summed E-state index contributed by atoms with van der Waals surface area (Å²) in [4.78, 5) is 26.6. The van der Waals surface area contributed by atoms with Gasteiger partial charge >= 0.3 is 0 Å². The van der Waals surface area contributed by atoms with Crippen LogP contribution < -0.4 is 20.1 Å². The molecule has 2 amide bonds. The molecule has 2 N–H and O–H groups in total. The summed E-state index contributed by atoms with van der Waals surface area (Å²) < 4.78 is 10.5. The second-order valence-electron chi connectivity index (χ2n) is 6.79. The van der Waals surface area contributed by atoms with Crippen molar-refractivity contribution >= 4 is 23.6 Å². The molecule has 6 heteroatoms. The standard InChI is InChI=1S/C22H24N2O4/c1-14-10-19(22(23)26)18-6-4-5-7-20(18)24(14)21(25)9-8-15-11-16(27-2)13-17(12-15)28-3/h4-9,11-14,19H,10H2,1-3H3,(H2,23,26)/b9-8+. The second-order valence-corrected chi connectivity index (χ2v) is 6.79. The summed E-state index contributed by atoms with van der Waals surface area (Å²) in [6.07, 6.45) is 3.74. The minimum Gasteiger partial charge on any atom is -0.497 e. The first-order valence-electron chi connectivity index (χ1n) is 9.07. The molecule has 2 atom stereocenters. The predicted octanol–water partition coefficient (Wildman–Crippen LogP) is 3.11. The number of hydrogen-bond donors (Lipinski definition) is 1. The van der Waals surface area contributed by atoms with Gasteiger partial charge in [-0.15, -0.1) is 0 Å². The molecule has 1 heterocycles. The third-order valence-corrected chi connectivity index (χ3v) is 4.96. The first-order valence-corrected chi connectivity index (χ1v) is 9.07. The molecular formula is C22H24N2O4. The third kappa shape index (κ3) is 3.86. The lowest BCUT2D eigenvalue weighted by atomic mass is 9.85. The molecule has 0 bridgehead atoms. The summed E-state index contributed by atoms with van der Waals surface area (Å²) in [6, 6.07) is 12.7. The van der Waals surface area contributed by atoms with Crippen molar-refractivity contribution in [1.82, 2.24) is 0 Å². The highest BCUT2D eigenvalue weighted by atomic mass is 16.5. The van der Waals surface area contributed by atoms with Crippen LogP contribution in [0, 0.1) is 0 Å². The first-order chi connectivity index (χ1) is 13.4. The molecule has 0 spiro atoms. The molecule has 3 rings (SSSR count). The number of para-hydroxylation sites is 1. The molecule has 146 valence electrons. The normalized spacial score (nSPS) is 18.6. The summed E-state index contributed by atoms with van der Waals surface area (Å²) >= 11 is 0. The van der Waals surface area contributed by atoms with Gasteiger partial charge in [0, 0.05) is 23.9 Å². The number of nitrogens with zero attached hydrogens (tertiary/aromatic N) is 1. The van der Waals surface area contributed by atoms with Crippen molar-refractivity contribution < 1.29 is 19.1 Å². The lowest BCUT2D eigenvalue weighted by molar-refractivity contribution is -0.120. The molecule has 6 nitrogen and oxygen atoms in total. The van der Waals surface area contributed by atoms with Gasteiger partial charge in [0.1, 0.15) is 11.5 Å². The summed E-state index contributed by atoms with van der Waals surface area (Å²) in [7, 11) is 3.16. The zero-order valence-electron chi connectivity index (χ0n) is 16.2. The van der Waals surface area contributed by atoms with Crippen LogP contribution in [0.15, 0.2) is 48.5 Å². The van der Waals surface area contributed by atoms with E-state index < -0.39 is 0 Å². The van der Waals surface area contributed by atoms with Crippen LogP contribution in [0.5, 0.6) is 11.5 Å². The lowest BCUT2D eigenvalue weighted by Crippen LogP contribution is -2.44. The van der Waals surface area contributed by atoms with E-state index in [4.69, 9.17) is 15.2 Å². The number of amides is 2. The molecule has 2 aromatic rings. The molecule has 0 aromatic heterocycles. The molecule has 0 radical (unpaired) electrons. The van der Waals surface area contributed by atoms with Gasteiger partial charge < -0.3 is 20.1 Å². The van der Waals surface area contributed by atoms with Crippen LogP contribution >= 0.6 is 0 Å². The van der Waals surface area contributed by atoms with E-state index in [0.717, 1.165) is 16.8 Å². The van der Waals surface area contributed by atoms with Gasteiger partial charge in [0.05, 0.1) is 20.1 Å². The third-order valence-electron chi connectivity index (χ3n) is 4.96. The Labute approximate surface area is 164 Å². The Balaban J connectivity index is 1.91. The largest absolute Gasteiger partial charge is 0.497 e. The van der Waals surface area contributed by atoms with Crippen molar-refractivity contribution in [2.24, 2.45) is 5.73 Å².